The van der Waals surface area contributed by atoms with Crippen LogP contribution in [0.1, 0.15) is 24.1 Å². The Morgan fingerprint density at radius 2 is 2.19 bits per heavy atom. The van der Waals surface area contributed by atoms with E-state index in [-0.39, 0.29) is 6.03 Å². The van der Waals surface area contributed by atoms with E-state index in [1.165, 1.54) is 0 Å². The number of anilines is 1. The first-order valence-corrected chi connectivity index (χ1v) is 8.77. The molecule has 8 nitrogen and oxygen atoms in total. The molecule has 2 amide bonds. The molecule has 1 atom stereocenters. The maximum atomic E-state index is 12.5. The van der Waals surface area contributed by atoms with Gasteiger partial charge in [-0.2, -0.15) is 5.26 Å². The Balaban J connectivity index is 1.54. The number of benzene rings is 1. The van der Waals surface area contributed by atoms with E-state index >= 15 is 0 Å². The topological polar surface area (TPSA) is 98.9 Å². The molecule has 136 valence electrons. The minimum Gasteiger partial charge on any atom is -0.324 e. The highest BCUT2D eigenvalue weighted by Crippen LogP contribution is 2.19. The van der Waals surface area contributed by atoms with Crippen LogP contribution in [-0.4, -0.2) is 46.1 Å². The molecule has 1 fully saturated rings. The Morgan fingerprint density at radius 3 is 2.92 bits per heavy atom. The quantitative estimate of drug-likeness (QED) is 0.854. The molecule has 0 spiro atoms. The molecular formula is C18H23N7O. The van der Waals surface area contributed by atoms with Crippen LogP contribution < -0.4 is 10.6 Å². The zero-order valence-corrected chi connectivity index (χ0v) is 14.9. The first kappa shape index (κ1) is 17.9. The van der Waals surface area contributed by atoms with Gasteiger partial charge in [-0.05, 0) is 50.1 Å². The number of piperidine rings is 1. The summed E-state index contributed by atoms with van der Waals surface area (Å²) in [5.41, 5.74) is 2.19. The maximum Gasteiger partial charge on any atom is 0.321 e. The molecule has 1 aliphatic rings. The van der Waals surface area contributed by atoms with Gasteiger partial charge in [0.1, 0.15) is 0 Å². The molecule has 0 aliphatic carbocycles. The number of nitrogens with zero attached hydrogens (tertiary/aromatic N) is 5. The average Bonchev–Trinajstić information content (AvgIpc) is 3.10. The van der Waals surface area contributed by atoms with E-state index in [9.17, 15) is 4.79 Å². The van der Waals surface area contributed by atoms with Gasteiger partial charge in [0.05, 0.1) is 17.3 Å². The molecule has 0 unspecified atom stereocenters. The zero-order chi connectivity index (χ0) is 18.4. The Labute approximate surface area is 152 Å². The van der Waals surface area contributed by atoms with Gasteiger partial charge in [0.2, 0.25) is 0 Å². The molecule has 1 aromatic heterocycles. The molecule has 2 heterocycles. The van der Waals surface area contributed by atoms with Crippen molar-refractivity contribution in [2.24, 2.45) is 5.92 Å². The van der Waals surface area contributed by atoms with Crippen molar-refractivity contribution in [1.29, 1.82) is 5.26 Å². The van der Waals surface area contributed by atoms with Crippen molar-refractivity contribution in [2.75, 3.05) is 25.5 Å². The van der Waals surface area contributed by atoms with Crippen molar-refractivity contribution in [3.05, 3.63) is 41.7 Å². The summed E-state index contributed by atoms with van der Waals surface area (Å²) in [4.78, 5) is 14.4. The third-order valence-electron chi connectivity index (χ3n) is 4.46. The van der Waals surface area contributed by atoms with Crippen LogP contribution in [0.25, 0.3) is 0 Å². The molecule has 1 aromatic carbocycles. The summed E-state index contributed by atoms with van der Waals surface area (Å²) >= 11 is 0. The second kappa shape index (κ2) is 8.45. The SMILES string of the molecule is CNCc1cn(C[C@H]2CCCN(C(=O)Nc3ccc(C#N)cc3)C2)nn1. The third kappa shape index (κ3) is 4.58. The van der Waals surface area contributed by atoms with Crippen molar-refractivity contribution in [3.63, 3.8) is 0 Å². The van der Waals surface area contributed by atoms with Crippen LogP contribution in [-0.2, 0) is 13.1 Å². The molecule has 2 aromatic rings. The van der Waals surface area contributed by atoms with E-state index in [1.807, 2.05) is 22.8 Å². The van der Waals surface area contributed by atoms with Crippen molar-refractivity contribution in [1.82, 2.24) is 25.2 Å². The van der Waals surface area contributed by atoms with Crippen LogP contribution in [0.4, 0.5) is 10.5 Å². The van der Waals surface area contributed by atoms with E-state index in [0.29, 0.717) is 30.3 Å². The number of hydrogen-bond acceptors (Lipinski definition) is 5. The Bertz CT molecular complexity index is 778. The van der Waals surface area contributed by atoms with E-state index in [2.05, 4.69) is 27.0 Å². The molecule has 26 heavy (non-hydrogen) atoms. The highest BCUT2D eigenvalue weighted by Gasteiger charge is 2.24. The maximum absolute atomic E-state index is 12.5. The van der Waals surface area contributed by atoms with Gasteiger partial charge in [-0.15, -0.1) is 5.10 Å². The summed E-state index contributed by atoms with van der Waals surface area (Å²) in [6, 6.07) is 8.85. The third-order valence-corrected chi connectivity index (χ3v) is 4.46. The number of amides is 2. The minimum atomic E-state index is -0.103. The first-order valence-electron chi connectivity index (χ1n) is 8.77. The standard InChI is InChI=1S/C18H23N7O/c1-20-10-17-13-25(23-22-17)12-15-3-2-8-24(11-15)18(26)21-16-6-4-14(9-19)5-7-16/h4-7,13,15,20H,2-3,8,10-12H2,1H3,(H,21,26)/t15-/m0/s1. The predicted octanol–water partition coefficient (Wildman–Crippen LogP) is 1.81. The molecule has 0 radical (unpaired) electrons. The van der Waals surface area contributed by atoms with E-state index < -0.39 is 0 Å². The van der Waals surface area contributed by atoms with Gasteiger partial charge in [-0.25, -0.2) is 4.79 Å². The van der Waals surface area contributed by atoms with Crippen LogP contribution in [0.15, 0.2) is 30.5 Å². The molecule has 8 heteroatoms. The van der Waals surface area contributed by atoms with Crippen LogP contribution in [0.5, 0.6) is 0 Å². The van der Waals surface area contributed by atoms with Gasteiger partial charge in [-0.3, -0.25) is 4.68 Å². The fourth-order valence-corrected chi connectivity index (χ4v) is 3.18. The van der Waals surface area contributed by atoms with Crippen molar-refractivity contribution in [2.45, 2.75) is 25.9 Å². The molecule has 1 aliphatic heterocycles. The first-order chi connectivity index (χ1) is 12.7. The van der Waals surface area contributed by atoms with Crippen LogP contribution >= 0.6 is 0 Å². The number of carbonyl (C=O) groups is 1. The monoisotopic (exact) mass is 353 g/mol. The second-order valence-electron chi connectivity index (χ2n) is 6.54. The Morgan fingerprint density at radius 1 is 1.38 bits per heavy atom. The lowest BCUT2D eigenvalue weighted by Crippen LogP contribution is -2.43. The molecule has 1 saturated heterocycles. The summed E-state index contributed by atoms with van der Waals surface area (Å²) in [7, 11) is 1.88. The lowest BCUT2D eigenvalue weighted by atomic mass is 9.98. The van der Waals surface area contributed by atoms with E-state index in [0.717, 1.165) is 31.6 Å². The second-order valence-corrected chi connectivity index (χ2v) is 6.54. The molecular weight excluding hydrogens is 330 g/mol. The molecule has 0 saturated carbocycles. The Kier molecular flexibility index (Phi) is 5.81. The van der Waals surface area contributed by atoms with Crippen LogP contribution in [0, 0.1) is 17.2 Å². The summed E-state index contributed by atoms with van der Waals surface area (Å²) in [5.74, 6) is 0.361. The fourth-order valence-electron chi connectivity index (χ4n) is 3.18. The number of aromatic nitrogens is 3. The number of rotatable bonds is 5. The van der Waals surface area contributed by atoms with Gasteiger partial charge in [0.15, 0.2) is 0 Å². The van der Waals surface area contributed by atoms with Gasteiger partial charge in [0.25, 0.3) is 0 Å². The lowest BCUT2D eigenvalue weighted by molar-refractivity contribution is 0.168. The number of nitriles is 1. The molecule has 2 N–H and O–H groups in total. The fraction of sp³-hybridized carbons (Fsp3) is 0.444. The van der Waals surface area contributed by atoms with Gasteiger partial charge in [0, 0.05) is 38.1 Å². The summed E-state index contributed by atoms with van der Waals surface area (Å²) in [6.07, 6.45) is 4.00. The summed E-state index contributed by atoms with van der Waals surface area (Å²) < 4.78 is 1.86. The van der Waals surface area contributed by atoms with Gasteiger partial charge in [-0.1, -0.05) is 5.21 Å². The molecule has 0 bridgehead atoms. The highest BCUT2D eigenvalue weighted by atomic mass is 16.2. The number of likely N-dealkylation sites (tertiary alicyclic amines) is 1. The zero-order valence-electron chi connectivity index (χ0n) is 14.9. The normalized spacial score (nSPS) is 16.9. The van der Waals surface area contributed by atoms with E-state index in [1.54, 1.807) is 24.3 Å². The van der Waals surface area contributed by atoms with Gasteiger partial charge >= 0.3 is 6.03 Å². The highest BCUT2D eigenvalue weighted by molar-refractivity contribution is 5.89. The van der Waals surface area contributed by atoms with Crippen LogP contribution in [0.3, 0.4) is 0 Å². The largest absolute Gasteiger partial charge is 0.324 e. The number of nitrogens with one attached hydrogen (secondary N) is 2. The Hall–Kier alpha value is -2.92. The minimum absolute atomic E-state index is 0.103. The van der Waals surface area contributed by atoms with E-state index in [4.69, 9.17) is 5.26 Å². The lowest BCUT2D eigenvalue weighted by Gasteiger charge is -2.32. The molecule has 3 rings (SSSR count). The summed E-state index contributed by atoms with van der Waals surface area (Å²) in [6.45, 7) is 2.91. The van der Waals surface area contributed by atoms with Crippen molar-refractivity contribution < 1.29 is 4.79 Å². The predicted molar refractivity (Wildman–Crippen MR) is 97.3 cm³/mol. The van der Waals surface area contributed by atoms with Gasteiger partial charge < -0.3 is 15.5 Å². The average molecular weight is 353 g/mol. The van der Waals surface area contributed by atoms with Crippen LogP contribution in [0.2, 0.25) is 0 Å². The van der Waals surface area contributed by atoms with Crippen molar-refractivity contribution >= 4 is 11.7 Å². The number of hydrogen-bond donors (Lipinski definition) is 2. The smallest absolute Gasteiger partial charge is 0.321 e. The number of carbonyl (C=O) groups excluding carboxylic acids is 1. The number of urea groups is 1. The summed E-state index contributed by atoms with van der Waals surface area (Å²) in [5, 5.41) is 23.1. The van der Waals surface area contributed by atoms with Crippen molar-refractivity contribution in [3.8, 4) is 6.07 Å².